The van der Waals surface area contributed by atoms with Gasteiger partial charge < -0.3 is 0 Å². The second-order valence-corrected chi connectivity index (χ2v) is 15.3. The number of hydrogen-bond acceptors (Lipinski definition) is 1. The molecule has 2 aromatic rings. The second-order valence-electron chi connectivity index (χ2n) is 8.62. The zero-order valence-corrected chi connectivity index (χ0v) is 18.6. The minimum Gasteiger partial charge on any atom is -0.134 e. The smallest absolute Gasteiger partial charge is 0.134 e. The molecule has 0 N–H and O–H groups in total. The summed E-state index contributed by atoms with van der Waals surface area (Å²) in [6.07, 6.45) is 3.49. The molecular weight excluding hydrogens is 348 g/mol. The average Bonchev–Trinajstić information content (AvgIpc) is 2.98. The Hall–Kier alpha value is -1.56. The average molecular weight is 377 g/mol. The molecule has 26 heavy (non-hydrogen) atoms. The summed E-state index contributed by atoms with van der Waals surface area (Å²) in [5.74, 6) is 3.77. The Morgan fingerprint density at radius 2 is 1.54 bits per heavy atom. The van der Waals surface area contributed by atoms with Crippen molar-refractivity contribution in [3.8, 4) is 22.6 Å². The van der Waals surface area contributed by atoms with Crippen LogP contribution in [0, 0.1) is 11.5 Å². The van der Waals surface area contributed by atoms with E-state index >= 15 is 0 Å². The first kappa shape index (κ1) is 17.8. The first-order chi connectivity index (χ1) is 12.4. The van der Waals surface area contributed by atoms with Gasteiger partial charge in [0.05, 0.1) is 4.53 Å². The Bertz CT molecular complexity index is 1030. The van der Waals surface area contributed by atoms with Crippen LogP contribution < -0.4 is 9.06 Å². The molecule has 0 amide bonds. The van der Waals surface area contributed by atoms with Gasteiger partial charge in [-0.25, -0.2) is 0 Å². The van der Waals surface area contributed by atoms with Crippen molar-refractivity contribution in [2.45, 2.75) is 64.6 Å². The molecule has 0 nitrogen and oxygen atoms in total. The van der Waals surface area contributed by atoms with Crippen LogP contribution in [0.15, 0.2) is 24.3 Å². The van der Waals surface area contributed by atoms with E-state index in [1.807, 2.05) is 11.3 Å². The molecule has 4 rings (SSSR count). The van der Waals surface area contributed by atoms with Crippen LogP contribution in [0.5, 0.6) is 0 Å². The van der Waals surface area contributed by atoms with Gasteiger partial charge >= 0.3 is 0 Å². The first-order valence-corrected chi connectivity index (χ1v) is 12.9. The molecule has 2 aliphatic rings. The van der Waals surface area contributed by atoms with Gasteiger partial charge in [-0.1, -0.05) is 77.8 Å². The van der Waals surface area contributed by atoms with Gasteiger partial charge in [-0.15, -0.1) is 16.9 Å². The second kappa shape index (κ2) is 6.25. The molecule has 2 aliphatic carbocycles. The van der Waals surface area contributed by atoms with Gasteiger partial charge in [-0.2, -0.15) is 0 Å². The van der Waals surface area contributed by atoms with E-state index in [0.29, 0.717) is 16.6 Å². The fraction of sp³-hybridized carbons (Fsp3) is 0.417. The van der Waals surface area contributed by atoms with E-state index < -0.39 is 8.07 Å². The number of rotatable bonds is 3. The molecule has 0 saturated carbocycles. The number of thiophene rings is 1. The Balaban J connectivity index is 1.96. The van der Waals surface area contributed by atoms with Crippen molar-refractivity contribution in [2.24, 2.45) is 0 Å². The molecule has 0 radical (unpaired) electrons. The minimum absolute atomic E-state index is 0.671. The lowest BCUT2D eigenvalue weighted by Gasteiger charge is -2.38. The topological polar surface area (TPSA) is 0 Å². The van der Waals surface area contributed by atoms with Crippen LogP contribution in [-0.2, 0) is 6.42 Å². The van der Waals surface area contributed by atoms with Crippen molar-refractivity contribution in [2.75, 3.05) is 0 Å². The molecule has 0 fully saturated rings. The largest absolute Gasteiger partial charge is 0.146 e. The number of fused-ring (bicyclic) bond motifs is 5. The minimum atomic E-state index is -1.71. The van der Waals surface area contributed by atoms with E-state index in [4.69, 9.17) is 0 Å². The van der Waals surface area contributed by atoms with Gasteiger partial charge in [0.1, 0.15) is 8.07 Å². The third-order valence-corrected chi connectivity index (χ3v) is 14.0. The van der Waals surface area contributed by atoms with E-state index in [1.54, 1.807) is 5.56 Å². The molecule has 0 unspecified atom stereocenters. The van der Waals surface area contributed by atoms with Crippen LogP contribution in [0.2, 0.25) is 16.6 Å². The van der Waals surface area contributed by atoms with E-state index in [-0.39, 0.29) is 0 Å². The molecule has 0 bridgehead atoms. The third-order valence-electron chi connectivity index (χ3n) is 6.49. The maximum absolute atomic E-state index is 3.95. The normalized spacial score (nSPS) is 14.6. The molecule has 2 heteroatoms. The molecule has 0 saturated heterocycles. The lowest BCUT2D eigenvalue weighted by molar-refractivity contribution is 0.838. The van der Waals surface area contributed by atoms with Crippen molar-refractivity contribution < 1.29 is 0 Å². The van der Waals surface area contributed by atoms with Gasteiger partial charge in [0.15, 0.2) is 0 Å². The van der Waals surface area contributed by atoms with Gasteiger partial charge in [0.2, 0.25) is 0 Å². The van der Waals surface area contributed by atoms with Gasteiger partial charge in [-0.05, 0) is 39.7 Å². The molecule has 1 heterocycles. The highest BCUT2D eigenvalue weighted by molar-refractivity contribution is 7.08. The third kappa shape index (κ3) is 2.34. The maximum Gasteiger partial charge on any atom is 0.146 e. The Kier molecular flexibility index (Phi) is 4.29. The fourth-order valence-corrected chi connectivity index (χ4v) is 11.6. The highest BCUT2D eigenvalue weighted by atomic mass is 32.1. The van der Waals surface area contributed by atoms with Crippen LogP contribution in [0.3, 0.4) is 0 Å². The number of hydrogen-bond donors (Lipinski definition) is 0. The highest BCUT2D eigenvalue weighted by Crippen LogP contribution is 2.41. The SMILES string of the molecule is CC(C)[Si](C#CC1=c2sc3c(c2-c2ccccc21)CC=3)(C(C)C)C(C)C. The van der Waals surface area contributed by atoms with Crippen molar-refractivity contribution in [3.05, 3.63) is 44.5 Å². The summed E-state index contributed by atoms with van der Waals surface area (Å²) in [5, 5.41) is 0. The monoisotopic (exact) mass is 376 g/mol. The molecule has 1 aromatic heterocycles. The summed E-state index contributed by atoms with van der Waals surface area (Å²) in [6.45, 7) is 14.4. The van der Waals surface area contributed by atoms with E-state index in [0.717, 1.165) is 6.42 Å². The molecule has 134 valence electrons. The van der Waals surface area contributed by atoms with Gasteiger partial charge in [0, 0.05) is 15.7 Å². The molecular formula is C24H28SSi. The first-order valence-electron chi connectivity index (χ1n) is 9.87. The van der Waals surface area contributed by atoms with Crippen molar-refractivity contribution in [1.82, 2.24) is 0 Å². The van der Waals surface area contributed by atoms with Crippen LogP contribution >= 0.6 is 11.3 Å². The summed E-state index contributed by atoms with van der Waals surface area (Å²) in [4.78, 5) is 0. The lowest BCUT2D eigenvalue weighted by Crippen LogP contribution is -2.43. The zero-order valence-electron chi connectivity index (χ0n) is 16.7. The van der Waals surface area contributed by atoms with E-state index in [2.05, 4.69) is 83.3 Å². The van der Waals surface area contributed by atoms with Crippen molar-refractivity contribution >= 4 is 31.1 Å². The summed E-state index contributed by atoms with van der Waals surface area (Å²) >= 11 is 1.95. The maximum atomic E-state index is 3.95. The van der Waals surface area contributed by atoms with Crippen molar-refractivity contribution in [1.29, 1.82) is 0 Å². The molecule has 0 spiro atoms. The predicted molar refractivity (Wildman–Crippen MR) is 119 cm³/mol. The van der Waals surface area contributed by atoms with Crippen LogP contribution in [0.1, 0.15) is 52.7 Å². The van der Waals surface area contributed by atoms with Crippen LogP contribution in [-0.4, -0.2) is 8.07 Å². The Morgan fingerprint density at radius 3 is 2.08 bits per heavy atom. The van der Waals surface area contributed by atoms with Crippen LogP contribution in [0.25, 0.3) is 22.8 Å². The predicted octanol–water partition coefficient (Wildman–Crippen LogP) is 5.49. The zero-order chi connectivity index (χ0) is 18.6. The summed E-state index contributed by atoms with van der Waals surface area (Å²) in [5.41, 5.74) is 13.1. The highest BCUT2D eigenvalue weighted by Gasteiger charge is 2.42. The lowest BCUT2D eigenvalue weighted by atomic mass is 9.96. The van der Waals surface area contributed by atoms with Gasteiger partial charge in [-0.3, -0.25) is 0 Å². The van der Waals surface area contributed by atoms with Gasteiger partial charge in [0.25, 0.3) is 0 Å². The molecule has 0 atom stereocenters. The summed E-state index contributed by atoms with van der Waals surface area (Å²) in [7, 11) is -1.71. The Morgan fingerprint density at radius 1 is 0.923 bits per heavy atom. The summed E-state index contributed by atoms with van der Waals surface area (Å²) in [6, 6.07) is 8.88. The summed E-state index contributed by atoms with van der Waals surface area (Å²) < 4.78 is 2.90. The quantitative estimate of drug-likeness (QED) is 0.491. The molecule has 1 aromatic carbocycles. The van der Waals surface area contributed by atoms with E-state index in [1.165, 1.54) is 31.3 Å². The van der Waals surface area contributed by atoms with Crippen molar-refractivity contribution in [3.63, 3.8) is 0 Å². The molecule has 0 aliphatic heterocycles. The van der Waals surface area contributed by atoms with Crippen LogP contribution in [0.4, 0.5) is 0 Å². The Labute approximate surface area is 162 Å². The van der Waals surface area contributed by atoms with E-state index in [9.17, 15) is 0 Å². The fourth-order valence-electron chi connectivity index (χ4n) is 5.14. The number of benzene rings is 1. The standard InChI is InChI=1S/C24H28SSi/c1-15(2)26(16(3)4,17(5)6)14-13-20-18-9-7-8-10-19(18)23-21-11-12-22(21)25-24(20)23/h7-10,12,15-17H,11H2,1-6H3.